The summed E-state index contributed by atoms with van der Waals surface area (Å²) in [7, 11) is 1.55. The number of anilines is 3. The topological polar surface area (TPSA) is 92.3 Å². The molecular formula is C24H20N4O3S. The van der Waals surface area contributed by atoms with E-state index in [0.717, 1.165) is 26.9 Å². The summed E-state index contributed by atoms with van der Waals surface area (Å²) >= 11 is 1.51. The molecule has 3 heterocycles. The van der Waals surface area contributed by atoms with Crippen LogP contribution in [0.4, 0.5) is 17.2 Å². The van der Waals surface area contributed by atoms with Crippen LogP contribution < -0.4 is 16.0 Å². The predicted octanol–water partition coefficient (Wildman–Crippen LogP) is 4.68. The van der Waals surface area contributed by atoms with E-state index in [2.05, 4.69) is 20.9 Å². The van der Waals surface area contributed by atoms with E-state index in [1.165, 1.54) is 17.5 Å². The molecule has 3 N–H and O–H groups in total. The number of amides is 2. The first-order chi connectivity index (χ1) is 15.6. The quantitative estimate of drug-likeness (QED) is 0.416. The maximum absolute atomic E-state index is 13.1. The van der Waals surface area contributed by atoms with E-state index in [4.69, 9.17) is 4.74 Å². The molecule has 2 aromatic heterocycles. The molecule has 0 saturated carbocycles. The Kier molecular flexibility index (Phi) is 5.30. The first-order valence-electron chi connectivity index (χ1n) is 10.1. The Bertz CT molecular complexity index is 1350. The SMILES string of the molecule is CNC(=O)c1cnc(Nc2ccc3c(c2)COC3)c(NC(=O)c2csc3ccccc23)c1. The Hall–Kier alpha value is -3.75. The summed E-state index contributed by atoms with van der Waals surface area (Å²) in [5.74, 6) is -0.0941. The third-order valence-corrected chi connectivity index (χ3v) is 6.30. The van der Waals surface area contributed by atoms with Gasteiger partial charge in [-0.25, -0.2) is 4.98 Å². The van der Waals surface area contributed by atoms with Crippen molar-refractivity contribution in [2.75, 3.05) is 17.7 Å². The standard InChI is InChI=1S/C24H20N4O3S/c1-25-23(29)15-9-20(28-24(30)19-13-32-21-5-3-2-4-18(19)21)22(26-10-15)27-17-7-6-14-11-31-12-16(14)8-17/h2-10,13H,11-12H2,1H3,(H,25,29)(H,26,27)(H,28,30). The predicted molar refractivity (Wildman–Crippen MR) is 126 cm³/mol. The van der Waals surface area contributed by atoms with Crippen LogP contribution in [-0.2, 0) is 18.0 Å². The Labute approximate surface area is 188 Å². The van der Waals surface area contributed by atoms with Gasteiger partial charge in [-0.1, -0.05) is 24.3 Å². The van der Waals surface area contributed by atoms with Crippen molar-refractivity contribution < 1.29 is 14.3 Å². The van der Waals surface area contributed by atoms with Gasteiger partial charge in [0, 0.05) is 34.4 Å². The smallest absolute Gasteiger partial charge is 0.257 e. The molecule has 2 amide bonds. The molecule has 7 nitrogen and oxygen atoms in total. The molecule has 0 atom stereocenters. The summed E-state index contributed by atoms with van der Waals surface area (Å²) in [5, 5.41) is 11.5. The van der Waals surface area contributed by atoms with Crippen molar-refractivity contribution in [3.05, 3.63) is 82.4 Å². The number of carbonyl (C=O) groups excluding carboxylic acids is 2. The maximum atomic E-state index is 13.1. The normalized spacial score (nSPS) is 12.4. The van der Waals surface area contributed by atoms with Gasteiger partial charge in [0.1, 0.15) is 0 Å². The summed E-state index contributed by atoms with van der Waals surface area (Å²) in [6.45, 7) is 1.19. The lowest BCUT2D eigenvalue weighted by Crippen LogP contribution is -2.19. The fraction of sp³-hybridized carbons (Fsp3) is 0.125. The molecule has 8 heteroatoms. The van der Waals surface area contributed by atoms with Gasteiger partial charge in [-0.2, -0.15) is 0 Å². The zero-order valence-electron chi connectivity index (χ0n) is 17.3. The maximum Gasteiger partial charge on any atom is 0.257 e. The highest BCUT2D eigenvalue weighted by molar-refractivity contribution is 7.17. The molecule has 0 unspecified atom stereocenters. The molecule has 4 aromatic rings. The van der Waals surface area contributed by atoms with E-state index in [0.29, 0.717) is 35.8 Å². The summed E-state index contributed by atoms with van der Waals surface area (Å²) in [5.41, 5.74) is 4.46. The van der Waals surface area contributed by atoms with E-state index < -0.39 is 0 Å². The molecule has 160 valence electrons. The highest BCUT2D eigenvalue weighted by Crippen LogP contribution is 2.30. The second kappa shape index (κ2) is 8.41. The number of ether oxygens (including phenoxy) is 1. The van der Waals surface area contributed by atoms with Gasteiger partial charge in [0.15, 0.2) is 5.82 Å². The minimum atomic E-state index is -0.282. The van der Waals surface area contributed by atoms with Crippen LogP contribution in [0, 0.1) is 0 Å². The minimum absolute atomic E-state index is 0.260. The Morgan fingerprint density at radius 2 is 1.88 bits per heavy atom. The zero-order chi connectivity index (χ0) is 22.1. The number of fused-ring (bicyclic) bond motifs is 2. The van der Waals surface area contributed by atoms with Crippen LogP contribution in [-0.4, -0.2) is 23.8 Å². The molecule has 1 aliphatic rings. The second-order valence-corrected chi connectivity index (χ2v) is 8.31. The molecule has 0 spiro atoms. The number of nitrogens with one attached hydrogen (secondary N) is 3. The van der Waals surface area contributed by atoms with E-state index in [-0.39, 0.29) is 11.8 Å². The Morgan fingerprint density at radius 3 is 2.75 bits per heavy atom. The highest BCUT2D eigenvalue weighted by atomic mass is 32.1. The molecule has 2 aromatic carbocycles. The lowest BCUT2D eigenvalue weighted by molar-refractivity contribution is 0.0961. The number of nitrogens with zero attached hydrogens (tertiary/aromatic N) is 1. The fourth-order valence-electron chi connectivity index (χ4n) is 3.66. The van der Waals surface area contributed by atoms with Crippen LogP contribution in [0.3, 0.4) is 0 Å². The highest BCUT2D eigenvalue weighted by Gasteiger charge is 2.18. The number of aromatic nitrogens is 1. The van der Waals surface area contributed by atoms with Crippen molar-refractivity contribution in [1.82, 2.24) is 10.3 Å². The molecule has 1 aliphatic heterocycles. The molecule has 32 heavy (non-hydrogen) atoms. The second-order valence-electron chi connectivity index (χ2n) is 7.40. The number of rotatable bonds is 5. The Balaban J connectivity index is 1.48. The third-order valence-electron chi connectivity index (χ3n) is 5.33. The van der Waals surface area contributed by atoms with E-state index >= 15 is 0 Å². The lowest BCUT2D eigenvalue weighted by atomic mass is 10.1. The summed E-state index contributed by atoms with van der Waals surface area (Å²) in [4.78, 5) is 29.7. The van der Waals surface area contributed by atoms with Crippen molar-refractivity contribution in [2.24, 2.45) is 0 Å². The summed E-state index contributed by atoms with van der Waals surface area (Å²) in [6.07, 6.45) is 1.48. The van der Waals surface area contributed by atoms with Crippen LogP contribution in [0.15, 0.2) is 60.1 Å². The minimum Gasteiger partial charge on any atom is -0.372 e. The summed E-state index contributed by atoms with van der Waals surface area (Å²) in [6, 6.07) is 15.3. The lowest BCUT2D eigenvalue weighted by Gasteiger charge is -2.14. The number of benzene rings is 2. The molecule has 0 saturated heterocycles. The summed E-state index contributed by atoms with van der Waals surface area (Å²) < 4.78 is 6.52. The molecular weight excluding hydrogens is 424 g/mol. The van der Waals surface area contributed by atoms with Gasteiger partial charge in [-0.15, -0.1) is 11.3 Å². The van der Waals surface area contributed by atoms with Crippen molar-refractivity contribution >= 4 is 50.4 Å². The van der Waals surface area contributed by atoms with Gasteiger partial charge in [0.2, 0.25) is 0 Å². The van der Waals surface area contributed by atoms with Crippen LogP contribution in [0.25, 0.3) is 10.1 Å². The fourth-order valence-corrected chi connectivity index (χ4v) is 4.60. The first-order valence-corrected chi connectivity index (χ1v) is 11.0. The zero-order valence-corrected chi connectivity index (χ0v) is 18.1. The largest absolute Gasteiger partial charge is 0.372 e. The van der Waals surface area contributed by atoms with Gasteiger partial charge in [0.25, 0.3) is 11.8 Å². The van der Waals surface area contributed by atoms with Crippen molar-refractivity contribution in [3.63, 3.8) is 0 Å². The van der Waals surface area contributed by atoms with Crippen molar-refractivity contribution in [2.45, 2.75) is 13.2 Å². The van der Waals surface area contributed by atoms with Crippen molar-refractivity contribution in [1.29, 1.82) is 0 Å². The van der Waals surface area contributed by atoms with Gasteiger partial charge < -0.3 is 20.7 Å². The Morgan fingerprint density at radius 1 is 1.03 bits per heavy atom. The van der Waals surface area contributed by atoms with Gasteiger partial charge >= 0.3 is 0 Å². The van der Waals surface area contributed by atoms with Gasteiger partial charge in [-0.3, -0.25) is 9.59 Å². The average Bonchev–Trinajstić information content (AvgIpc) is 3.46. The number of carbonyl (C=O) groups is 2. The van der Waals surface area contributed by atoms with E-state index in [1.807, 2.05) is 47.8 Å². The number of pyridine rings is 1. The number of hydrogen-bond donors (Lipinski definition) is 3. The molecule has 0 bridgehead atoms. The van der Waals surface area contributed by atoms with Gasteiger partial charge in [0.05, 0.1) is 30.0 Å². The number of hydrogen-bond acceptors (Lipinski definition) is 6. The number of thiophene rings is 1. The monoisotopic (exact) mass is 444 g/mol. The average molecular weight is 445 g/mol. The first kappa shape index (κ1) is 20.2. The van der Waals surface area contributed by atoms with E-state index in [1.54, 1.807) is 13.1 Å². The van der Waals surface area contributed by atoms with Crippen LogP contribution in [0.1, 0.15) is 31.8 Å². The van der Waals surface area contributed by atoms with E-state index in [9.17, 15) is 9.59 Å². The van der Waals surface area contributed by atoms with Gasteiger partial charge in [-0.05, 0) is 35.4 Å². The van der Waals surface area contributed by atoms with Crippen LogP contribution in [0.5, 0.6) is 0 Å². The molecule has 0 aliphatic carbocycles. The van der Waals surface area contributed by atoms with Crippen molar-refractivity contribution in [3.8, 4) is 0 Å². The molecule has 5 rings (SSSR count). The van der Waals surface area contributed by atoms with Crippen LogP contribution in [0.2, 0.25) is 0 Å². The van der Waals surface area contributed by atoms with Crippen LogP contribution >= 0.6 is 11.3 Å². The molecule has 0 fully saturated rings. The third kappa shape index (κ3) is 3.81. The molecule has 0 radical (unpaired) electrons.